The second-order valence-electron chi connectivity index (χ2n) is 2.83. The van der Waals surface area contributed by atoms with E-state index < -0.39 is 31.3 Å². The lowest BCUT2D eigenvalue weighted by Gasteiger charge is -2.09. The lowest BCUT2D eigenvalue weighted by molar-refractivity contribution is 0.353. The molecule has 0 aliphatic rings. The topological polar surface area (TPSA) is 63.6 Å². The van der Waals surface area contributed by atoms with E-state index in [1.807, 2.05) is 0 Å². The van der Waals surface area contributed by atoms with Crippen molar-refractivity contribution in [1.82, 2.24) is 0 Å². The Morgan fingerprint density at radius 1 is 1.53 bits per heavy atom. The van der Waals surface area contributed by atoms with Gasteiger partial charge in [-0.3, -0.25) is 0 Å². The van der Waals surface area contributed by atoms with Gasteiger partial charge in [0.2, 0.25) is 5.82 Å². The average molecular weight is 255 g/mol. The number of ether oxygens (including phenoxy) is 1. The van der Waals surface area contributed by atoms with E-state index >= 15 is 0 Å². The van der Waals surface area contributed by atoms with Crippen LogP contribution in [0.2, 0.25) is 0 Å². The highest BCUT2D eigenvalue weighted by atomic mass is 35.7. The van der Waals surface area contributed by atoms with E-state index in [-0.39, 0.29) is 5.56 Å². The maximum Gasteiger partial charge on any atom is 0.265 e. The molecule has 1 aromatic carbocycles. The highest BCUT2D eigenvalue weighted by molar-refractivity contribution is 8.13. The van der Waals surface area contributed by atoms with Gasteiger partial charge >= 0.3 is 0 Å². The Labute approximate surface area is 90.7 Å². The van der Waals surface area contributed by atoms with Crippen molar-refractivity contribution in [3.63, 3.8) is 0 Å². The molecule has 1 N–H and O–H groups in total. The zero-order chi connectivity index (χ0) is 11.8. The number of hydrogen-bond acceptors (Lipinski definition) is 4. The van der Waals surface area contributed by atoms with Crippen molar-refractivity contribution in [3.8, 4) is 11.5 Å². The molecule has 7 heteroatoms. The Morgan fingerprint density at radius 2 is 2.07 bits per heavy atom. The molecule has 0 amide bonds. The van der Waals surface area contributed by atoms with Gasteiger partial charge in [-0.2, -0.15) is 4.39 Å². The van der Waals surface area contributed by atoms with Crippen molar-refractivity contribution in [2.75, 3.05) is 7.11 Å². The van der Waals surface area contributed by atoms with Crippen LogP contribution in [-0.4, -0.2) is 20.6 Å². The molecule has 0 unspecified atom stereocenters. The maximum absolute atomic E-state index is 13.4. The van der Waals surface area contributed by atoms with E-state index in [1.165, 1.54) is 6.92 Å². The Kier molecular flexibility index (Phi) is 3.11. The molecule has 0 aliphatic carbocycles. The second kappa shape index (κ2) is 3.86. The van der Waals surface area contributed by atoms with Gasteiger partial charge in [0.15, 0.2) is 11.5 Å². The minimum absolute atomic E-state index is 0.0625. The Morgan fingerprint density at radius 3 is 2.47 bits per heavy atom. The molecule has 1 aromatic rings. The molecule has 1 rings (SSSR count). The van der Waals surface area contributed by atoms with Gasteiger partial charge in [-0.1, -0.05) is 0 Å². The average Bonchev–Trinajstić information content (AvgIpc) is 2.12. The van der Waals surface area contributed by atoms with Crippen LogP contribution in [0, 0.1) is 12.7 Å². The summed E-state index contributed by atoms with van der Waals surface area (Å²) in [6, 6.07) is 1.04. The molecule has 0 saturated heterocycles. The van der Waals surface area contributed by atoms with Gasteiger partial charge in [-0.15, -0.1) is 0 Å². The number of phenols is 1. The minimum Gasteiger partial charge on any atom is -0.505 e. The molecule has 0 atom stereocenters. The number of aromatic hydroxyl groups is 1. The Bertz CT molecular complexity index is 498. The van der Waals surface area contributed by atoms with Crippen LogP contribution in [0.5, 0.6) is 11.5 Å². The molecule has 0 spiro atoms. The molecule has 0 fully saturated rings. The van der Waals surface area contributed by atoms with Crippen molar-refractivity contribution in [2.45, 2.75) is 11.8 Å². The van der Waals surface area contributed by atoms with Gasteiger partial charge < -0.3 is 9.84 Å². The van der Waals surface area contributed by atoms with E-state index in [2.05, 4.69) is 4.74 Å². The molecule has 4 nitrogen and oxygen atoms in total. The van der Waals surface area contributed by atoms with Crippen molar-refractivity contribution < 1.29 is 22.7 Å². The van der Waals surface area contributed by atoms with Crippen molar-refractivity contribution in [3.05, 3.63) is 17.4 Å². The number of benzene rings is 1. The van der Waals surface area contributed by atoms with Gasteiger partial charge in [0.1, 0.15) is 4.90 Å². The van der Waals surface area contributed by atoms with Gasteiger partial charge in [-0.05, 0) is 18.6 Å². The van der Waals surface area contributed by atoms with Crippen molar-refractivity contribution in [2.24, 2.45) is 0 Å². The fraction of sp³-hybridized carbons (Fsp3) is 0.250. The first-order valence-corrected chi connectivity index (χ1v) is 6.10. The summed E-state index contributed by atoms with van der Waals surface area (Å²) in [7, 11) is 2.05. The number of phenolic OH excluding ortho intramolecular Hbond substituents is 1. The fourth-order valence-electron chi connectivity index (χ4n) is 1.09. The van der Waals surface area contributed by atoms with Crippen molar-refractivity contribution >= 4 is 19.7 Å². The van der Waals surface area contributed by atoms with Crippen LogP contribution in [0.4, 0.5) is 4.39 Å². The molecule has 0 saturated carbocycles. The minimum atomic E-state index is -4.11. The lowest BCUT2D eigenvalue weighted by atomic mass is 10.2. The van der Waals surface area contributed by atoms with Crippen LogP contribution in [0.15, 0.2) is 11.0 Å². The van der Waals surface area contributed by atoms with Gasteiger partial charge in [0.25, 0.3) is 9.05 Å². The summed E-state index contributed by atoms with van der Waals surface area (Å²) >= 11 is 0. The number of rotatable bonds is 2. The highest BCUT2D eigenvalue weighted by Crippen LogP contribution is 2.36. The van der Waals surface area contributed by atoms with E-state index in [1.54, 1.807) is 0 Å². The first kappa shape index (κ1) is 12.1. The van der Waals surface area contributed by atoms with Crippen molar-refractivity contribution in [1.29, 1.82) is 0 Å². The molecule has 0 aliphatic heterocycles. The fourth-order valence-corrected chi connectivity index (χ4v) is 2.15. The number of hydrogen-bond donors (Lipinski definition) is 1. The predicted octanol–water partition coefficient (Wildman–Crippen LogP) is 1.78. The third kappa shape index (κ3) is 2.15. The summed E-state index contributed by atoms with van der Waals surface area (Å²) in [4.78, 5) is -0.500. The quantitative estimate of drug-likeness (QED) is 0.817. The lowest BCUT2D eigenvalue weighted by Crippen LogP contribution is -2.00. The normalized spacial score (nSPS) is 11.5. The molecule has 15 heavy (non-hydrogen) atoms. The van der Waals surface area contributed by atoms with Crippen LogP contribution < -0.4 is 4.74 Å². The van der Waals surface area contributed by atoms with Crippen LogP contribution in [0.1, 0.15) is 5.56 Å². The van der Waals surface area contributed by atoms with Crippen LogP contribution in [0.3, 0.4) is 0 Å². The molecular weight excluding hydrogens is 247 g/mol. The standard InChI is InChI=1S/C8H8ClFO4S/c1-4-3-5(15(9,12)13)8(14-2)6(10)7(4)11/h3,11H,1-2H3. The Balaban J connectivity index is 3.68. The van der Waals surface area contributed by atoms with Crippen LogP contribution >= 0.6 is 10.7 Å². The molecular formula is C8H8ClFO4S. The molecule has 84 valence electrons. The number of methoxy groups -OCH3 is 1. The van der Waals surface area contributed by atoms with Crippen LogP contribution in [-0.2, 0) is 9.05 Å². The maximum atomic E-state index is 13.4. The van der Waals surface area contributed by atoms with E-state index in [0.717, 1.165) is 13.2 Å². The number of aryl methyl sites for hydroxylation is 1. The first-order valence-electron chi connectivity index (χ1n) is 3.79. The van der Waals surface area contributed by atoms with Gasteiger partial charge in [-0.25, -0.2) is 8.42 Å². The second-order valence-corrected chi connectivity index (χ2v) is 5.36. The summed E-state index contributed by atoms with van der Waals surface area (Å²) in [5, 5.41) is 9.22. The molecule has 0 bridgehead atoms. The smallest absolute Gasteiger partial charge is 0.265 e. The summed E-state index contributed by atoms with van der Waals surface area (Å²) in [5.41, 5.74) is 0.0625. The zero-order valence-electron chi connectivity index (χ0n) is 7.91. The summed E-state index contributed by atoms with van der Waals surface area (Å²) in [6.07, 6.45) is 0. The zero-order valence-corrected chi connectivity index (χ0v) is 9.49. The Hall–Kier alpha value is -1.01. The van der Waals surface area contributed by atoms with E-state index in [0.29, 0.717) is 0 Å². The highest BCUT2D eigenvalue weighted by Gasteiger charge is 2.24. The third-order valence-corrected chi connectivity index (χ3v) is 3.15. The summed E-state index contributed by atoms with van der Waals surface area (Å²) in [5.74, 6) is -2.39. The molecule has 0 heterocycles. The summed E-state index contributed by atoms with van der Waals surface area (Å²) < 4.78 is 40.0. The number of halogens is 2. The predicted molar refractivity (Wildman–Crippen MR) is 52.4 cm³/mol. The van der Waals surface area contributed by atoms with E-state index in [4.69, 9.17) is 10.7 Å². The first-order chi connectivity index (χ1) is 6.79. The van der Waals surface area contributed by atoms with Crippen LogP contribution in [0.25, 0.3) is 0 Å². The third-order valence-electron chi connectivity index (χ3n) is 1.82. The molecule has 0 radical (unpaired) electrons. The summed E-state index contributed by atoms with van der Waals surface area (Å²) in [6.45, 7) is 1.35. The molecule has 0 aromatic heterocycles. The monoisotopic (exact) mass is 254 g/mol. The van der Waals surface area contributed by atoms with E-state index in [9.17, 15) is 17.9 Å². The van der Waals surface area contributed by atoms with Gasteiger partial charge in [0.05, 0.1) is 7.11 Å². The largest absolute Gasteiger partial charge is 0.505 e. The SMILES string of the molecule is COc1c(S(=O)(=O)Cl)cc(C)c(O)c1F. The van der Waals surface area contributed by atoms with Gasteiger partial charge in [0, 0.05) is 10.7 Å².